The van der Waals surface area contributed by atoms with Crippen LogP contribution in [-0.2, 0) is 4.74 Å². The van der Waals surface area contributed by atoms with Crippen LogP contribution in [0.3, 0.4) is 0 Å². The molecule has 1 fully saturated rings. The first-order valence-electron chi connectivity index (χ1n) is 6.77. The Hall–Kier alpha value is -1.29. The van der Waals surface area contributed by atoms with Crippen molar-refractivity contribution in [3.05, 3.63) is 18.5 Å². The second-order valence-corrected chi connectivity index (χ2v) is 5.23. The fraction of sp³-hybridized carbons (Fsp3) is 0.643. The number of aromatic nitrogens is 1. The van der Waals surface area contributed by atoms with E-state index in [1.807, 2.05) is 12.4 Å². The van der Waals surface area contributed by atoms with Gasteiger partial charge in [-0.1, -0.05) is 6.92 Å². The summed E-state index contributed by atoms with van der Waals surface area (Å²) in [6.07, 6.45) is 7.10. The maximum absolute atomic E-state index is 5.55. The molecule has 1 aromatic heterocycles. The van der Waals surface area contributed by atoms with E-state index in [1.54, 1.807) is 0 Å². The normalized spacial score (nSPS) is 23.7. The number of hydrogen-bond donors (Lipinski definition) is 2. The Bertz CT molecular complexity index is 375. The lowest BCUT2D eigenvalue weighted by Crippen LogP contribution is -2.43. The van der Waals surface area contributed by atoms with Crippen molar-refractivity contribution in [2.75, 3.05) is 30.4 Å². The summed E-state index contributed by atoms with van der Waals surface area (Å²) in [7, 11) is 0. The quantitative estimate of drug-likeness (QED) is 0.842. The monoisotopic (exact) mass is 249 g/mol. The number of nitrogens with one attached hydrogen (secondary N) is 2. The van der Waals surface area contributed by atoms with Crippen LogP contribution in [-0.4, -0.2) is 30.3 Å². The minimum Gasteiger partial charge on any atom is -0.384 e. The van der Waals surface area contributed by atoms with E-state index in [9.17, 15) is 0 Å². The molecule has 4 nitrogen and oxygen atoms in total. The van der Waals surface area contributed by atoms with Crippen LogP contribution in [0.4, 0.5) is 11.4 Å². The van der Waals surface area contributed by atoms with Crippen LogP contribution < -0.4 is 10.6 Å². The van der Waals surface area contributed by atoms with Gasteiger partial charge in [0.05, 0.1) is 35.9 Å². The predicted octanol–water partition coefficient (Wildman–Crippen LogP) is 2.88. The van der Waals surface area contributed by atoms with Crippen LogP contribution in [0.1, 0.15) is 33.1 Å². The van der Waals surface area contributed by atoms with Crippen molar-refractivity contribution in [3.63, 3.8) is 0 Å². The van der Waals surface area contributed by atoms with Gasteiger partial charge in [-0.05, 0) is 32.3 Å². The van der Waals surface area contributed by atoms with Gasteiger partial charge in [-0.15, -0.1) is 0 Å². The molecule has 4 heteroatoms. The minimum atomic E-state index is 0.0311. The third-order valence-electron chi connectivity index (χ3n) is 3.20. The maximum Gasteiger partial charge on any atom is 0.0693 e. The highest BCUT2D eigenvalue weighted by Crippen LogP contribution is 2.24. The average molecular weight is 249 g/mol. The van der Waals surface area contributed by atoms with Crippen molar-refractivity contribution in [3.8, 4) is 0 Å². The largest absolute Gasteiger partial charge is 0.384 e. The zero-order valence-corrected chi connectivity index (χ0v) is 11.3. The van der Waals surface area contributed by atoms with Crippen molar-refractivity contribution in [2.45, 2.75) is 38.6 Å². The Morgan fingerprint density at radius 2 is 2.22 bits per heavy atom. The summed E-state index contributed by atoms with van der Waals surface area (Å²) in [5.74, 6) is 0. The average Bonchev–Trinajstić information content (AvgIpc) is 2.37. The van der Waals surface area contributed by atoms with Crippen molar-refractivity contribution in [1.82, 2.24) is 4.98 Å². The first-order chi connectivity index (χ1) is 8.72. The number of rotatable bonds is 5. The molecule has 0 amide bonds. The smallest absolute Gasteiger partial charge is 0.0693 e. The lowest BCUT2D eigenvalue weighted by atomic mass is 9.94. The molecule has 0 bridgehead atoms. The summed E-state index contributed by atoms with van der Waals surface area (Å²) in [5.41, 5.74) is 2.16. The first kappa shape index (κ1) is 13.1. The van der Waals surface area contributed by atoms with Crippen LogP contribution >= 0.6 is 0 Å². The molecule has 2 N–H and O–H groups in total. The number of hydrogen-bond acceptors (Lipinski definition) is 4. The second-order valence-electron chi connectivity index (χ2n) is 5.23. The lowest BCUT2D eigenvalue weighted by molar-refractivity contribution is 0.0540. The zero-order valence-electron chi connectivity index (χ0n) is 11.3. The Morgan fingerprint density at radius 1 is 1.39 bits per heavy atom. The molecule has 1 unspecified atom stereocenters. The Kier molecular flexibility index (Phi) is 4.42. The molecule has 0 saturated carbocycles. The molecule has 0 radical (unpaired) electrons. The molecule has 100 valence electrons. The van der Waals surface area contributed by atoms with Crippen molar-refractivity contribution in [2.24, 2.45) is 0 Å². The molecule has 1 aliphatic heterocycles. The topological polar surface area (TPSA) is 46.2 Å². The van der Waals surface area contributed by atoms with Gasteiger partial charge in [-0.3, -0.25) is 4.98 Å². The number of nitrogens with zero attached hydrogens (tertiary/aromatic N) is 1. The van der Waals surface area contributed by atoms with Crippen molar-refractivity contribution >= 4 is 11.4 Å². The summed E-state index contributed by atoms with van der Waals surface area (Å²) in [6.45, 7) is 6.99. The van der Waals surface area contributed by atoms with E-state index in [4.69, 9.17) is 4.74 Å². The van der Waals surface area contributed by atoms with Crippen LogP contribution in [0.2, 0.25) is 0 Å². The van der Waals surface area contributed by atoms with Gasteiger partial charge in [-0.2, -0.15) is 0 Å². The van der Waals surface area contributed by atoms with E-state index in [0.717, 1.165) is 50.4 Å². The molecule has 1 saturated heterocycles. The van der Waals surface area contributed by atoms with Gasteiger partial charge in [0.1, 0.15) is 0 Å². The number of anilines is 2. The van der Waals surface area contributed by atoms with Gasteiger partial charge in [0, 0.05) is 13.2 Å². The van der Waals surface area contributed by atoms with Gasteiger partial charge in [0.2, 0.25) is 0 Å². The van der Waals surface area contributed by atoms with Gasteiger partial charge in [-0.25, -0.2) is 0 Å². The predicted molar refractivity (Wildman–Crippen MR) is 75.1 cm³/mol. The van der Waals surface area contributed by atoms with E-state index in [2.05, 4.69) is 35.5 Å². The van der Waals surface area contributed by atoms with Crippen molar-refractivity contribution < 1.29 is 4.74 Å². The van der Waals surface area contributed by atoms with Gasteiger partial charge in [0.15, 0.2) is 0 Å². The van der Waals surface area contributed by atoms with E-state index >= 15 is 0 Å². The van der Waals surface area contributed by atoms with Crippen LogP contribution in [0.15, 0.2) is 18.5 Å². The Balaban J connectivity index is 1.99. The van der Waals surface area contributed by atoms with Crippen LogP contribution in [0.25, 0.3) is 0 Å². The first-order valence-corrected chi connectivity index (χ1v) is 6.77. The molecule has 1 atom stereocenters. The second kappa shape index (κ2) is 6.05. The third-order valence-corrected chi connectivity index (χ3v) is 3.20. The summed E-state index contributed by atoms with van der Waals surface area (Å²) in [6, 6.07) is 2.11. The van der Waals surface area contributed by atoms with E-state index in [-0.39, 0.29) is 5.54 Å². The highest BCUT2D eigenvalue weighted by Gasteiger charge is 2.27. The molecule has 2 rings (SSSR count). The van der Waals surface area contributed by atoms with Gasteiger partial charge >= 0.3 is 0 Å². The van der Waals surface area contributed by atoms with E-state index in [1.165, 1.54) is 0 Å². The van der Waals surface area contributed by atoms with E-state index < -0.39 is 0 Å². The summed E-state index contributed by atoms with van der Waals surface area (Å²) in [5, 5.41) is 6.90. The SMILES string of the molecule is CCCNc1cncc(NC2(C)CCCOC2)c1. The van der Waals surface area contributed by atoms with E-state index in [0.29, 0.717) is 0 Å². The molecule has 0 aliphatic carbocycles. The Labute approximate surface area is 109 Å². The summed E-state index contributed by atoms with van der Waals surface area (Å²) >= 11 is 0. The fourth-order valence-corrected chi connectivity index (χ4v) is 2.26. The summed E-state index contributed by atoms with van der Waals surface area (Å²) in [4.78, 5) is 4.27. The molecule has 2 heterocycles. The molecule has 1 aromatic rings. The fourth-order valence-electron chi connectivity index (χ4n) is 2.26. The van der Waals surface area contributed by atoms with Gasteiger partial charge in [0.25, 0.3) is 0 Å². The molecular weight excluding hydrogens is 226 g/mol. The molecule has 18 heavy (non-hydrogen) atoms. The van der Waals surface area contributed by atoms with Crippen LogP contribution in [0.5, 0.6) is 0 Å². The molecule has 0 aromatic carbocycles. The maximum atomic E-state index is 5.55. The Morgan fingerprint density at radius 3 is 2.94 bits per heavy atom. The molecular formula is C14H23N3O. The van der Waals surface area contributed by atoms with Crippen molar-refractivity contribution in [1.29, 1.82) is 0 Å². The minimum absolute atomic E-state index is 0.0311. The third kappa shape index (κ3) is 3.60. The standard InChI is InChI=1S/C14H23N3O/c1-3-6-16-12-8-13(10-15-9-12)17-14(2)5-4-7-18-11-14/h8-10,16-17H,3-7,11H2,1-2H3. The number of ether oxygens (including phenoxy) is 1. The highest BCUT2D eigenvalue weighted by atomic mass is 16.5. The van der Waals surface area contributed by atoms with Gasteiger partial charge < -0.3 is 15.4 Å². The summed E-state index contributed by atoms with van der Waals surface area (Å²) < 4.78 is 5.55. The molecule has 1 aliphatic rings. The number of pyridine rings is 1. The lowest BCUT2D eigenvalue weighted by Gasteiger charge is -2.35. The molecule has 0 spiro atoms. The zero-order chi connectivity index (χ0) is 12.8. The van der Waals surface area contributed by atoms with Crippen LogP contribution in [0, 0.1) is 0 Å². The highest BCUT2D eigenvalue weighted by molar-refractivity contribution is 5.55.